The van der Waals surface area contributed by atoms with Crippen molar-refractivity contribution in [2.75, 3.05) is 52.0 Å². The Morgan fingerprint density at radius 1 is 1.17 bits per heavy atom. The summed E-state index contributed by atoms with van der Waals surface area (Å²) in [4.78, 5) is 9.06. The molecular formula is C23H28ClN3O3. The number of hydrogen-bond donors (Lipinski definition) is 0. The minimum Gasteiger partial charge on any atom is -0.493 e. The summed E-state index contributed by atoms with van der Waals surface area (Å²) in [6.45, 7) is 4.29. The van der Waals surface area contributed by atoms with E-state index < -0.39 is 0 Å². The minimum absolute atomic E-state index is 0.369. The number of fused-ring (bicyclic) bond motifs is 1. The number of ether oxygens (including phenoxy) is 3. The summed E-state index contributed by atoms with van der Waals surface area (Å²) in [5.74, 6) is 1.46. The summed E-state index contributed by atoms with van der Waals surface area (Å²) in [6, 6.07) is 11.8. The van der Waals surface area contributed by atoms with Crippen LogP contribution in [0.2, 0.25) is 5.02 Å². The molecule has 4 rings (SSSR count). The van der Waals surface area contributed by atoms with Gasteiger partial charge in [-0.25, -0.2) is 0 Å². The number of hydrogen-bond acceptors (Lipinski definition) is 6. The number of aliphatic imine (C=N–C) groups is 1. The zero-order chi connectivity index (χ0) is 20.9. The van der Waals surface area contributed by atoms with E-state index in [4.69, 9.17) is 25.8 Å². The van der Waals surface area contributed by atoms with Crippen molar-refractivity contribution in [1.82, 2.24) is 4.90 Å². The highest BCUT2D eigenvalue weighted by molar-refractivity contribution is 6.30. The first-order chi connectivity index (χ1) is 14.7. The standard InChI is InChI=1S/C23H28ClN3O3/c1-28-20-7-9-26(15-20)8-4-10-30-23-11-17-14-25-16-27(21(17)13-22(23)29-2)19-6-3-5-18(24)12-19/h3,5-6,11-14,20H,4,7-10,15-16H2,1-2H3/t20-/m0/s1. The Hall–Kier alpha value is -2.28. The van der Waals surface area contributed by atoms with Gasteiger partial charge in [0.2, 0.25) is 0 Å². The molecule has 6 nitrogen and oxygen atoms in total. The molecule has 0 bridgehead atoms. The first-order valence-corrected chi connectivity index (χ1v) is 10.7. The quantitative estimate of drug-likeness (QED) is 0.583. The molecule has 2 aromatic carbocycles. The lowest BCUT2D eigenvalue weighted by atomic mass is 10.1. The fourth-order valence-corrected chi connectivity index (χ4v) is 4.18. The zero-order valence-electron chi connectivity index (χ0n) is 17.5. The molecule has 1 saturated heterocycles. The van der Waals surface area contributed by atoms with E-state index in [-0.39, 0.29) is 0 Å². The fourth-order valence-electron chi connectivity index (χ4n) is 4.00. The molecule has 0 N–H and O–H groups in total. The molecule has 0 aromatic heterocycles. The Morgan fingerprint density at radius 3 is 2.83 bits per heavy atom. The van der Waals surface area contributed by atoms with Crippen LogP contribution in [0.5, 0.6) is 11.5 Å². The molecule has 0 spiro atoms. The number of likely N-dealkylation sites (tertiary alicyclic amines) is 1. The SMILES string of the molecule is COc1cc2c(cc1OCCCN1CC[C@H](OC)C1)C=NCN2c1cccc(Cl)c1. The Labute approximate surface area is 183 Å². The molecular weight excluding hydrogens is 402 g/mol. The van der Waals surface area contributed by atoms with E-state index in [1.54, 1.807) is 14.2 Å². The summed E-state index contributed by atoms with van der Waals surface area (Å²) in [7, 11) is 3.46. The monoisotopic (exact) mass is 429 g/mol. The van der Waals surface area contributed by atoms with Crippen molar-refractivity contribution in [3.8, 4) is 11.5 Å². The number of benzene rings is 2. The van der Waals surface area contributed by atoms with E-state index in [2.05, 4.69) is 14.8 Å². The highest BCUT2D eigenvalue weighted by Crippen LogP contribution is 2.39. The smallest absolute Gasteiger partial charge is 0.162 e. The van der Waals surface area contributed by atoms with Crippen molar-refractivity contribution >= 4 is 29.2 Å². The van der Waals surface area contributed by atoms with Crippen molar-refractivity contribution in [3.05, 3.63) is 47.0 Å². The maximum absolute atomic E-state index is 6.19. The van der Waals surface area contributed by atoms with E-state index >= 15 is 0 Å². The minimum atomic E-state index is 0.369. The van der Waals surface area contributed by atoms with E-state index in [1.807, 2.05) is 42.6 Å². The Balaban J connectivity index is 1.43. The summed E-state index contributed by atoms with van der Waals surface area (Å²) < 4.78 is 17.1. The maximum atomic E-state index is 6.19. The molecule has 0 unspecified atom stereocenters. The molecule has 0 radical (unpaired) electrons. The van der Waals surface area contributed by atoms with Gasteiger partial charge in [0.25, 0.3) is 0 Å². The molecule has 7 heteroatoms. The van der Waals surface area contributed by atoms with Crippen LogP contribution < -0.4 is 14.4 Å². The molecule has 0 amide bonds. The van der Waals surface area contributed by atoms with Crippen molar-refractivity contribution in [2.24, 2.45) is 4.99 Å². The van der Waals surface area contributed by atoms with Crippen LogP contribution in [0.15, 0.2) is 41.4 Å². The van der Waals surface area contributed by atoms with Crippen LogP contribution in [0.3, 0.4) is 0 Å². The third-order valence-electron chi connectivity index (χ3n) is 5.62. The predicted molar refractivity (Wildman–Crippen MR) is 121 cm³/mol. The van der Waals surface area contributed by atoms with Gasteiger partial charge in [0.05, 0.1) is 25.5 Å². The molecule has 30 heavy (non-hydrogen) atoms. The van der Waals surface area contributed by atoms with Gasteiger partial charge in [-0.15, -0.1) is 0 Å². The third kappa shape index (κ3) is 4.72. The molecule has 0 aliphatic carbocycles. The largest absolute Gasteiger partial charge is 0.493 e. The third-order valence-corrected chi connectivity index (χ3v) is 5.85. The van der Waals surface area contributed by atoms with Crippen molar-refractivity contribution in [1.29, 1.82) is 0 Å². The molecule has 2 heterocycles. The Kier molecular flexibility index (Phi) is 6.77. The van der Waals surface area contributed by atoms with Crippen molar-refractivity contribution < 1.29 is 14.2 Å². The molecule has 1 fully saturated rings. The number of halogens is 1. The first-order valence-electron chi connectivity index (χ1n) is 10.3. The lowest BCUT2D eigenvalue weighted by molar-refractivity contribution is 0.107. The van der Waals surface area contributed by atoms with E-state index in [0.717, 1.165) is 60.9 Å². The van der Waals surface area contributed by atoms with Gasteiger partial charge in [-0.1, -0.05) is 17.7 Å². The van der Waals surface area contributed by atoms with Crippen LogP contribution in [0, 0.1) is 0 Å². The molecule has 1 atom stereocenters. The van der Waals surface area contributed by atoms with E-state index in [1.165, 1.54) is 0 Å². The van der Waals surface area contributed by atoms with Gasteiger partial charge in [0, 0.05) is 55.3 Å². The molecule has 0 saturated carbocycles. The van der Waals surface area contributed by atoms with Gasteiger partial charge in [0.1, 0.15) is 6.67 Å². The highest BCUT2D eigenvalue weighted by atomic mass is 35.5. The average Bonchev–Trinajstić information content (AvgIpc) is 3.23. The van der Waals surface area contributed by atoms with Gasteiger partial charge in [-0.2, -0.15) is 0 Å². The molecule has 2 aliphatic heterocycles. The summed E-state index contributed by atoms with van der Waals surface area (Å²) >= 11 is 6.19. The highest BCUT2D eigenvalue weighted by Gasteiger charge is 2.22. The van der Waals surface area contributed by atoms with Crippen LogP contribution in [-0.2, 0) is 4.74 Å². The number of methoxy groups -OCH3 is 2. The van der Waals surface area contributed by atoms with E-state index in [0.29, 0.717) is 24.4 Å². The number of anilines is 2. The molecule has 160 valence electrons. The Bertz CT molecular complexity index is 905. The molecule has 2 aliphatic rings. The predicted octanol–water partition coefficient (Wildman–Crippen LogP) is 4.37. The van der Waals surface area contributed by atoms with Crippen LogP contribution in [0.4, 0.5) is 11.4 Å². The van der Waals surface area contributed by atoms with Gasteiger partial charge in [-0.3, -0.25) is 4.99 Å². The number of nitrogens with zero attached hydrogens (tertiary/aromatic N) is 3. The van der Waals surface area contributed by atoms with Gasteiger partial charge < -0.3 is 24.0 Å². The lowest BCUT2D eigenvalue weighted by Gasteiger charge is -2.28. The topological polar surface area (TPSA) is 46.5 Å². The zero-order valence-corrected chi connectivity index (χ0v) is 18.3. The second-order valence-electron chi connectivity index (χ2n) is 7.57. The van der Waals surface area contributed by atoms with Gasteiger partial charge >= 0.3 is 0 Å². The second-order valence-corrected chi connectivity index (χ2v) is 8.01. The fraction of sp³-hybridized carbons (Fsp3) is 0.435. The van der Waals surface area contributed by atoms with E-state index in [9.17, 15) is 0 Å². The first kappa shape index (κ1) is 21.0. The lowest BCUT2D eigenvalue weighted by Crippen LogP contribution is -2.25. The van der Waals surface area contributed by atoms with Crippen LogP contribution >= 0.6 is 11.6 Å². The second kappa shape index (κ2) is 9.69. The van der Waals surface area contributed by atoms with Gasteiger partial charge in [-0.05, 0) is 37.1 Å². The number of rotatable bonds is 8. The summed E-state index contributed by atoms with van der Waals surface area (Å²) in [5.41, 5.74) is 3.02. The summed E-state index contributed by atoms with van der Waals surface area (Å²) in [5, 5.41) is 0.699. The van der Waals surface area contributed by atoms with Gasteiger partial charge in [0.15, 0.2) is 11.5 Å². The summed E-state index contributed by atoms with van der Waals surface area (Å²) in [6.07, 6.45) is 4.32. The van der Waals surface area contributed by atoms with Crippen molar-refractivity contribution in [2.45, 2.75) is 18.9 Å². The van der Waals surface area contributed by atoms with Crippen LogP contribution in [-0.4, -0.2) is 64.3 Å². The van der Waals surface area contributed by atoms with Crippen LogP contribution in [0.25, 0.3) is 0 Å². The van der Waals surface area contributed by atoms with Crippen LogP contribution in [0.1, 0.15) is 18.4 Å². The Morgan fingerprint density at radius 2 is 2.07 bits per heavy atom. The average molecular weight is 430 g/mol. The maximum Gasteiger partial charge on any atom is 0.162 e. The van der Waals surface area contributed by atoms with Crippen molar-refractivity contribution in [3.63, 3.8) is 0 Å². The molecule has 2 aromatic rings. The normalized spacial score (nSPS) is 18.5.